The van der Waals surface area contributed by atoms with Crippen molar-refractivity contribution in [2.24, 2.45) is 0 Å². The topological polar surface area (TPSA) is 121 Å². The smallest absolute Gasteiger partial charge is 0.169 e. The molecule has 0 heterocycles. The Hall–Kier alpha value is -5.46. The summed E-state index contributed by atoms with van der Waals surface area (Å²) in [6.07, 6.45) is 10.4. The van der Waals surface area contributed by atoms with Crippen LogP contribution >= 0.6 is 0 Å². The summed E-state index contributed by atoms with van der Waals surface area (Å²) >= 11 is 0. The summed E-state index contributed by atoms with van der Waals surface area (Å²) in [6, 6.07) is 22.3. The first-order chi connectivity index (χ1) is 22.3. The van der Waals surface area contributed by atoms with Gasteiger partial charge in [-0.1, -0.05) is 91.5 Å². The van der Waals surface area contributed by atoms with Crippen LogP contribution in [0.1, 0.15) is 42.5 Å². The van der Waals surface area contributed by atoms with Crippen molar-refractivity contribution < 1.29 is 30.6 Å². The second-order valence-electron chi connectivity index (χ2n) is 10.7. The minimum absolute atomic E-state index is 0.0496. The lowest BCUT2D eigenvalue weighted by Gasteiger charge is -2.24. The molecule has 0 spiro atoms. The molecule has 0 unspecified atom stereocenters. The molecule has 6 nitrogen and oxygen atoms in total. The summed E-state index contributed by atoms with van der Waals surface area (Å²) in [6.45, 7) is 7.62. The molecule has 0 atom stereocenters. The Balaban J connectivity index is 0.00000235. The molecule has 0 aliphatic rings. The largest absolute Gasteiger partial charge is 0.516 e. The van der Waals surface area contributed by atoms with Gasteiger partial charge in [0.15, 0.2) is 11.5 Å². The number of hydrogen-bond donors (Lipinski definition) is 6. The van der Waals surface area contributed by atoms with E-state index in [1.54, 1.807) is 12.2 Å². The zero-order chi connectivity index (χ0) is 33.4. The Morgan fingerprint density at radius 3 is 2.00 bits per heavy atom. The van der Waals surface area contributed by atoms with Gasteiger partial charge < -0.3 is 30.6 Å². The Labute approximate surface area is 269 Å². The van der Waals surface area contributed by atoms with Crippen molar-refractivity contribution >= 4 is 33.7 Å². The predicted octanol–water partition coefficient (Wildman–Crippen LogP) is 9.74. The molecule has 0 amide bonds. The normalized spacial score (nSPS) is 11.8. The molecule has 6 N–H and O–H groups in total. The molecule has 5 aromatic rings. The molecule has 6 heteroatoms. The highest BCUT2D eigenvalue weighted by Gasteiger charge is 2.28. The summed E-state index contributed by atoms with van der Waals surface area (Å²) < 4.78 is 0. The van der Waals surface area contributed by atoms with E-state index in [1.807, 2.05) is 61.5 Å². The van der Waals surface area contributed by atoms with E-state index in [9.17, 15) is 25.5 Å². The molecule has 46 heavy (non-hydrogen) atoms. The highest BCUT2D eigenvalue weighted by Crippen LogP contribution is 2.54. The van der Waals surface area contributed by atoms with Crippen molar-refractivity contribution in [3.05, 3.63) is 126 Å². The number of aliphatic hydroxyl groups is 3. The molecule has 0 aliphatic carbocycles. The number of phenolic OH excluding ortho intramolecular Hbond substituents is 3. The molecule has 5 rings (SSSR count). The van der Waals surface area contributed by atoms with E-state index in [0.29, 0.717) is 28.7 Å². The maximum Gasteiger partial charge on any atom is 0.169 e. The Morgan fingerprint density at radius 2 is 1.37 bits per heavy atom. The molecular formula is C40H40O6. The molecule has 5 aromatic carbocycles. The van der Waals surface area contributed by atoms with Crippen molar-refractivity contribution in [2.45, 2.75) is 33.1 Å². The van der Waals surface area contributed by atoms with E-state index in [0.717, 1.165) is 51.6 Å². The minimum atomic E-state index is -0.458. The average Bonchev–Trinajstić information content (AvgIpc) is 3.07. The lowest BCUT2D eigenvalue weighted by molar-refractivity contribution is 0.391. The second-order valence-corrected chi connectivity index (χ2v) is 10.7. The number of rotatable bonds is 9. The molecule has 0 aliphatic heterocycles. The number of aromatic hydroxyl groups is 3. The van der Waals surface area contributed by atoms with Gasteiger partial charge >= 0.3 is 0 Å². The van der Waals surface area contributed by atoms with Crippen molar-refractivity contribution in [3.8, 4) is 39.5 Å². The molecule has 0 radical (unpaired) electrons. The van der Waals surface area contributed by atoms with E-state index < -0.39 is 5.75 Å². The fourth-order valence-corrected chi connectivity index (χ4v) is 6.12. The van der Waals surface area contributed by atoms with Crippen molar-refractivity contribution in [1.29, 1.82) is 0 Å². The van der Waals surface area contributed by atoms with Gasteiger partial charge in [0, 0.05) is 23.8 Å². The summed E-state index contributed by atoms with van der Waals surface area (Å²) in [5.74, 6) is -0.958. The van der Waals surface area contributed by atoms with Crippen LogP contribution < -0.4 is 0 Å². The molecule has 0 aromatic heterocycles. The van der Waals surface area contributed by atoms with Crippen LogP contribution in [-0.2, 0) is 12.8 Å². The van der Waals surface area contributed by atoms with Gasteiger partial charge in [0.25, 0.3) is 0 Å². The zero-order valence-electron chi connectivity index (χ0n) is 26.3. The van der Waals surface area contributed by atoms with Crippen molar-refractivity contribution in [2.75, 3.05) is 7.11 Å². The van der Waals surface area contributed by atoms with E-state index in [2.05, 4.69) is 30.8 Å². The monoisotopic (exact) mass is 616 g/mol. The number of fused-ring (bicyclic) bond motifs is 2. The maximum atomic E-state index is 11.9. The van der Waals surface area contributed by atoms with E-state index in [-0.39, 0.29) is 35.7 Å². The first kappa shape index (κ1) is 33.4. The van der Waals surface area contributed by atoms with Gasteiger partial charge in [-0.3, -0.25) is 0 Å². The summed E-state index contributed by atoms with van der Waals surface area (Å²) in [5.41, 5.74) is 4.93. The highest BCUT2D eigenvalue weighted by molar-refractivity contribution is 6.16. The van der Waals surface area contributed by atoms with Crippen molar-refractivity contribution in [3.63, 3.8) is 0 Å². The van der Waals surface area contributed by atoms with Crippen LogP contribution in [0.25, 0.3) is 56.0 Å². The van der Waals surface area contributed by atoms with Gasteiger partial charge in [-0.05, 0) is 89.1 Å². The number of aliphatic hydroxyl groups excluding tert-OH is 3. The minimum Gasteiger partial charge on any atom is -0.516 e. The van der Waals surface area contributed by atoms with Crippen LogP contribution in [0.4, 0.5) is 0 Å². The van der Waals surface area contributed by atoms with Crippen LogP contribution in [0.5, 0.6) is 17.2 Å². The molecule has 0 fully saturated rings. The lowest BCUT2D eigenvalue weighted by atomic mass is 9.80. The molecular weight excluding hydrogens is 576 g/mol. The van der Waals surface area contributed by atoms with E-state index >= 15 is 0 Å². The lowest BCUT2D eigenvalue weighted by Crippen LogP contribution is -2.01. The third-order valence-electron chi connectivity index (χ3n) is 8.04. The molecule has 236 valence electrons. The zero-order valence-corrected chi connectivity index (χ0v) is 26.3. The fraction of sp³-hybridized carbons (Fsp3) is 0.150. The van der Waals surface area contributed by atoms with Crippen LogP contribution in [0.15, 0.2) is 104 Å². The quantitative estimate of drug-likeness (QED) is 0.0557. The Kier molecular flexibility index (Phi) is 10.9. The molecule has 0 saturated carbocycles. The average molecular weight is 617 g/mol. The third kappa shape index (κ3) is 6.21. The van der Waals surface area contributed by atoms with Gasteiger partial charge in [-0.15, -0.1) is 0 Å². The highest BCUT2D eigenvalue weighted by atomic mass is 16.3. The van der Waals surface area contributed by atoms with Gasteiger partial charge in [0.2, 0.25) is 0 Å². The summed E-state index contributed by atoms with van der Waals surface area (Å²) in [7, 11) is 1.00. The Morgan fingerprint density at radius 1 is 0.739 bits per heavy atom. The summed E-state index contributed by atoms with van der Waals surface area (Å²) in [4.78, 5) is 0. The van der Waals surface area contributed by atoms with Gasteiger partial charge in [0.05, 0.1) is 17.6 Å². The van der Waals surface area contributed by atoms with Crippen molar-refractivity contribution in [1.82, 2.24) is 0 Å². The number of hydrogen-bond acceptors (Lipinski definition) is 6. The van der Waals surface area contributed by atoms with Crippen LogP contribution in [0.2, 0.25) is 0 Å². The fourth-order valence-electron chi connectivity index (χ4n) is 6.12. The first-order valence-electron chi connectivity index (χ1n) is 15.0. The third-order valence-corrected chi connectivity index (χ3v) is 8.04. The van der Waals surface area contributed by atoms with Gasteiger partial charge in [0.1, 0.15) is 5.75 Å². The van der Waals surface area contributed by atoms with Gasteiger partial charge in [-0.2, -0.15) is 0 Å². The Bertz CT molecular complexity index is 1970. The maximum absolute atomic E-state index is 11.9. The van der Waals surface area contributed by atoms with Crippen LogP contribution in [0, 0.1) is 0 Å². The molecule has 0 saturated heterocycles. The van der Waals surface area contributed by atoms with Crippen LogP contribution in [0.3, 0.4) is 0 Å². The van der Waals surface area contributed by atoms with E-state index in [4.69, 9.17) is 5.11 Å². The standard InChI is InChI=1S/C39H36O5.CH4O/c1-4-13-28-26(5-2)35(36-37(42)32(19-10-11-23-40)33(22-21-24(3)41)38(43)39(36)44)31-18-9-8-17-30(31)34(28)29-20-12-15-25-14-6-7-16-27(25)29;1-2/h4-9,11-18,20-21,23,40-44H,2,10,19,22H2,1,3H3;2H,1H3/b13-4-,23-11+,24-21+;. The number of phenols is 3. The van der Waals surface area contributed by atoms with Gasteiger partial charge in [-0.25, -0.2) is 0 Å². The molecule has 0 bridgehead atoms. The second kappa shape index (κ2) is 15.0. The number of allylic oxidation sites excluding steroid dienone is 4. The SMILES string of the molecule is C=Cc1c(/C=C\C)c(-c2cccc3ccccc23)c2ccccc2c1-c1c(O)c(O)c(C/C=C(\C)O)c(CC/C=C/O)c1O.CO. The first-order valence-corrected chi connectivity index (χ1v) is 15.0. The van der Waals surface area contributed by atoms with Crippen LogP contribution in [-0.4, -0.2) is 37.7 Å². The van der Waals surface area contributed by atoms with E-state index in [1.165, 1.54) is 13.0 Å². The predicted molar refractivity (Wildman–Crippen MR) is 190 cm³/mol. The summed E-state index contributed by atoms with van der Waals surface area (Å²) in [5, 5.41) is 64.9. The number of benzene rings is 5.